The molecule has 0 bridgehead atoms. The topological polar surface area (TPSA) is 56.9 Å². The van der Waals surface area contributed by atoms with Crippen molar-refractivity contribution in [2.24, 2.45) is 10.8 Å². The van der Waals surface area contributed by atoms with Gasteiger partial charge in [-0.15, -0.1) is 0 Å². The van der Waals surface area contributed by atoms with Crippen molar-refractivity contribution in [3.8, 4) is 0 Å². The first-order valence-corrected chi connectivity index (χ1v) is 6.11. The maximum absolute atomic E-state index is 5.52. The molecule has 1 fully saturated rings. The Bertz CT molecular complexity index is 226. The molecule has 0 aromatic rings. The van der Waals surface area contributed by atoms with Crippen LogP contribution in [0.25, 0.3) is 0 Å². The number of nitrogens with two attached hydrogens (primary N) is 1. The highest BCUT2D eigenvalue weighted by atomic mass is 15.4. The van der Waals surface area contributed by atoms with E-state index in [1.54, 1.807) is 0 Å². The van der Waals surface area contributed by atoms with Gasteiger partial charge in [-0.05, 0) is 26.9 Å². The number of aliphatic imine (C=N–C) groups is 1. The highest BCUT2D eigenvalue weighted by Gasteiger charge is 2.25. The summed E-state index contributed by atoms with van der Waals surface area (Å²) >= 11 is 0. The lowest BCUT2D eigenvalue weighted by atomic mass is 10.2. The van der Waals surface area contributed by atoms with Crippen LogP contribution in [-0.4, -0.2) is 55.5 Å². The van der Waals surface area contributed by atoms with Crippen LogP contribution in [0, 0.1) is 0 Å². The molecular weight excluding hydrogens is 202 g/mol. The van der Waals surface area contributed by atoms with E-state index in [4.69, 9.17) is 5.84 Å². The first-order chi connectivity index (χ1) is 7.69. The molecule has 1 aliphatic heterocycles. The van der Waals surface area contributed by atoms with Crippen molar-refractivity contribution >= 4 is 5.96 Å². The van der Waals surface area contributed by atoms with Gasteiger partial charge in [0, 0.05) is 25.7 Å². The van der Waals surface area contributed by atoms with Gasteiger partial charge in [0.05, 0.1) is 0 Å². The summed E-state index contributed by atoms with van der Waals surface area (Å²) < 4.78 is 0. The zero-order valence-electron chi connectivity index (χ0n) is 10.7. The summed E-state index contributed by atoms with van der Waals surface area (Å²) in [5.41, 5.74) is 2.72. The molecule has 0 amide bonds. The van der Waals surface area contributed by atoms with E-state index in [9.17, 15) is 0 Å². The molecule has 1 rings (SSSR count). The minimum absolute atomic E-state index is 0.615. The van der Waals surface area contributed by atoms with Crippen LogP contribution in [-0.2, 0) is 0 Å². The number of hydrogen-bond acceptors (Lipinski definition) is 3. The van der Waals surface area contributed by atoms with Gasteiger partial charge in [0.25, 0.3) is 0 Å². The summed E-state index contributed by atoms with van der Waals surface area (Å²) in [7, 11) is 4.25. The number of nitrogens with zero attached hydrogens (tertiary/aromatic N) is 3. The van der Waals surface area contributed by atoms with E-state index >= 15 is 0 Å². The maximum atomic E-state index is 5.52. The Morgan fingerprint density at radius 3 is 2.81 bits per heavy atom. The Kier molecular flexibility index (Phi) is 5.55. The number of guanidine groups is 1. The fourth-order valence-electron chi connectivity index (χ4n) is 1.94. The lowest BCUT2D eigenvalue weighted by Gasteiger charge is -2.22. The number of unbranched alkanes of at least 4 members (excludes halogenated alkanes) is 1. The molecule has 0 saturated carbocycles. The Hall–Kier alpha value is -0.810. The Balaban J connectivity index is 2.45. The molecule has 1 aliphatic rings. The fraction of sp³-hybridized carbons (Fsp3) is 0.909. The smallest absolute Gasteiger partial charge is 0.208 e. The largest absolute Gasteiger partial charge is 0.340 e. The van der Waals surface area contributed by atoms with Crippen molar-refractivity contribution < 1.29 is 0 Å². The van der Waals surface area contributed by atoms with Crippen molar-refractivity contribution in [2.75, 3.05) is 33.7 Å². The summed E-state index contributed by atoms with van der Waals surface area (Å²) in [4.78, 5) is 9.00. The number of nitrogens with one attached hydrogen (secondary N) is 1. The van der Waals surface area contributed by atoms with Crippen LogP contribution in [0.15, 0.2) is 4.99 Å². The third-order valence-corrected chi connectivity index (χ3v) is 3.10. The van der Waals surface area contributed by atoms with E-state index in [1.807, 2.05) is 0 Å². The quantitative estimate of drug-likeness (QED) is 0.237. The van der Waals surface area contributed by atoms with Crippen LogP contribution < -0.4 is 11.3 Å². The van der Waals surface area contributed by atoms with E-state index in [0.717, 1.165) is 32.0 Å². The maximum Gasteiger partial charge on any atom is 0.208 e. The number of rotatable bonds is 4. The minimum Gasteiger partial charge on any atom is -0.340 e. The molecule has 5 nitrogen and oxygen atoms in total. The molecule has 3 N–H and O–H groups in total. The molecule has 1 heterocycles. The van der Waals surface area contributed by atoms with Gasteiger partial charge >= 0.3 is 0 Å². The Labute approximate surface area is 98.7 Å². The molecule has 0 aromatic heterocycles. The summed E-state index contributed by atoms with van der Waals surface area (Å²) in [6.45, 7) is 5.09. The predicted molar refractivity (Wildman–Crippen MR) is 68.2 cm³/mol. The first kappa shape index (κ1) is 13.3. The first-order valence-electron chi connectivity index (χ1n) is 6.11. The highest BCUT2D eigenvalue weighted by molar-refractivity contribution is 5.79. The summed E-state index contributed by atoms with van der Waals surface area (Å²) in [6.07, 6.45) is 3.47. The molecule has 5 heteroatoms. The van der Waals surface area contributed by atoms with Gasteiger partial charge in [-0.3, -0.25) is 10.4 Å². The Morgan fingerprint density at radius 1 is 1.56 bits per heavy atom. The summed E-state index contributed by atoms with van der Waals surface area (Å²) in [6, 6.07) is 0.615. The molecule has 0 spiro atoms. The van der Waals surface area contributed by atoms with Gasteiger partial charge in [-0.25, -0.2) is 5.84 Å². The number of hydrogen-bond donors (Lipinski definition) is 2. The molecule has 0 aliphatic carbocycles. The molecule has 0 radical (unpaired) electrons. The van der Waals surface area contributed by atoms with Crippen molar-refractivity contribution in [1.82, 2.24) is 15.2 Å². The second-order valence-electron chi connectivity index (χ2n) is 4.56. The molecule has 1 unspecified atom stereocenters. The van der Waals surface area contributed by atoms with E-state index in [1.165, 1.54) is 12.8 Å². The predicted octanol–water partition coefficient (Wildman–Crippen LogP) is 0.242. The van der Waals surface area contributed by atoms with Gasteiger partial charge in [0.1, 0.15) is 0 Å². The Morgan fingerprint density at radius 2 is 2.31 bits per heavy atom. The van der Waals surface area contributed by atoms with Gasteiger partial charge in [-0.1, -0.05) is 13.3 Å². The average Bonchev–Trinajstić information content (AvgIpc) is 2.74. The van der Waals surface area contributed by atoms with Crippen LogP contribution in [0.3, 0.4) is 0 Å². The SMILES string of the molecule is CCCCN=C(NN)N1CCC(N(C)C)C1. The van der Waals surface area contributed by atoms with Gasteiger partial charge < -0.3 is 9.80 Å². The number of likely N-dealkylation sites (tertiary alicyclic amines) is 1. The van der Waals surface area contributed by atoms with Crippen LogP contribution in [0.5, 0.6) is 0 Å². The minimum atomic E-state index is 0.615. The number of hydrazine groups is 1. The normalized spacial score (nSPS) is 21.9. The molecule has 16 heavy (non-hydrogen) atoms. The monoisotopic (exact) mass is 227 g/mol. The van der Waals surface area contributed by atoms with Crippen molar-refractivity contribution in [3.05, 3.63) is 0 Å². The van der Waals surface area contributed by atoms with Gasteiger partial charge in [0.15, 0.2) is 0 Å². The summed E-state index contributed by atoms with van der Waals surface area (Å²) in [5, 5.41) is 0. The lowest BCUT2D eigenvalue weighted by molar-refractivity contribution is 0.299. The van der Waals surface area contributed by atoms with Crippen molar-refractivity contribution in [3.63, 3.8) is 0 Å². The van der Waals surface area contributed by atoms with E-state index in [-0.39, 0.29) is 0 Å². The standard InChI is InChI=1S/C11H25N5/c1-4-5-7-13-11(14-12)16-8-6-10(9-16)15(2)3/h10H,4-9,12H2,1-3H3,(H,13,14). The van der Waals surface area contributed by atoms with Gasteiger partial charge in [-0.2, -0.15) is 0 Å². The summed E-state index contributed by atoms with van der Waals surface area (Å²) in [5.74, 6) is 6.37. The molecule has 94 valence electrons. The second-order valence-corrected chi connectivity index (χ2v) is 4.56. The zero-order valence-corrected chi connectivity index (χ0v) is 10.7. The molecular formula is C11H25N5. The average molecular weight is 227 g/mol. The third kappa shape index (κ3) is 3.64. The van der Waals surface area contributed by atoms with Crippen molar-refractivity contribution in [2.45, 2.75) is 32.2 Å². The van der Waals surface area contributed by atoms with E-state index in [0.29, 0.717) is 6.04 Å². The van der Waals surface area contributed by atoms with Crippen LogP contribution in [0.1, 0.15) is 26.2 Å². The lowest BCUT2D eigenvalue weighted by Crippen LogP contribution is -2.45. The third-order valence-electron chi connectivity index (χ3n) is 3.10. The van der Waals surface area contributed by atoms with Crippen LogP contribution in [0.4, 0.5) is 0 Å². The fourth-order valence-corrected chi connectivity index (χ4v) is 1.94. The molecule has 1 atom stereocenters. The van der Waals surface area contributed by atoms with E-state index < -0.39 is 0 Å². The zero-order chi connectivity index (χ0) is 12.0. The van der Waals surface area contributed by atoms with Crippen molar-refractivity contribution in [1.29, 1.82) is 0 Å². The van der Waals surface area contributed by atoms with Crippen LogP contribution in [0.2, 0.25) is 0 Å². The van der Waals surface area contributed by atoms with E-state index in [2.05, 4.69) is 41.2 Å². The number of likely N-dealkylation sites (N-methyl/N-ethyl adjacent to an activating group) is 1. The van der Waals surface area contributed by atoms with Crippen LogP contribution >= 0.6 is 0 Å². The molecule has 0 aromatic carbocycles. The van der Waals surface area contributed by atoms with Gasteiger partial charge in [0.2, 0.25) is 5.96 Å². The second kappa shape index (κ2) is 6.70. The molecule has 1 saturated heterocycles. The highest BCUT2D eigenvalue weighted by Crippen LogP contribution is 2.12.